The molecule has 0 radical (unpaired) electrons. The Balaban J connectivity index is 1.79. The van der Waals surface area contributed by atoms with Crippen LogP contribution in [-0.2, 0) is 17.6 Å². The second-order valence-electron chi connectivity index (χ2n) is 7.88. The van der Waals surface area contributed by atoms with E-state index in [0.717, 1.165) is 37.7 Å². The van der Waals surface area contributed by atoms with E-state index >= 15 is 0 Å². The molecule has 0 N–H and O–H groups in total. The van der Waals surface area contributed by atoms with Crippen LogP contribution in [0.25, 0.3) is 0 Å². The summed E-state index contributed by atoms with van der Waals surface area (Å²) >= 11 is 7.02. The Morgan fingerprint density at radius 2 is 2.25 bits per heavy atom. The Morgan fingerprint density at radius 3 is 3.00 bits per heavy atom. The number of alkyl halides is 1. The van der Waals surface area contributed by atoms with Crippen LogP contribution in [-0.4, -0.2) is 57.9 Å². The minimum absolute atomic E-state index is 0.108. The molecule has 2 aromatic heterocycles. The Labute approximate surface area is 198 Å². The van der Waals surface area contributed by atoms with Gasteiger partial charge in [-0.2, -0.15) is 0 Å². The van der Waals surface area contributed by atoms with Crippen LogP contribution in [0.3, 0.4) is 0 Å². The summed E-state index contributed by atoms with van der Waals surface area (Å²) in [5, 5.41) is 23.0. The summed E-state index contributed by atoms with van der Waals surface area (Å²) in [4.78, 5) is 19.1. The number of hydrogen-bond acceptors (Lipinski definition) is 8. The molecule has 1 saturated heterocycles. The lowest BCUT2D eigenvalue weighted by molar-refractivity contribution is 0.00538. The van der Waals surface area contributed by atoms with E-state index in [2.05, 4.69) is 28.7 Å². The third kappa shape index (κ3) is 5.90. The highest BCUT2D eigenvalue weighted by Gasteiger charge is 2.46. The number of aryl methyl sites for hydroxylation is 2. The molecule has 1 fully saturated rings. The lowest BCUT2D eigenvalue weighted by Crippen LogP contribution is -2.51. The van der Waals surface area contributed by atoms with Crippen LogP contribution in [0.2, 0.25) is 0 Å². The lowest BCUT2D eigenvalue weighted by atomic mass is 10.0. The van der Waals surface area contributed by atoms with Crippen molar-refractivity contribution in [2.24, 2.45) is 0 Å². The number of quaternary nitrogens is 1. The first-order valence-corrected chi connectivity index (χ1v) is 12.3. The molecule has 0 aliphatic carbocycles. The largest absolute Gasteiger partial charge is 0.622 e. The summed E-state index contributed by atoms with van der Waals surface area (Å²) in [6, 6.07) is 1.85. The third-order valence-corrected chi connectivity index (χ3v) is 6.72. The summed E-state index contributed by atoms with van der Waals surface area (Å²) in [6.07, 6.45) is 9.70. The van der Waals surface area contributed by atoms with Gasteiger partial charge in [0.2, 0.25) is 0 Å². The fraction of sp³-hybridized carbons (Fsp3) is 0.545. The zero-order chi connectivity index (χ0) is 23.0. The van der Waals surface area contributed by atoms with Crippen LogP contribution < -0.4 is 4.65 Å². The highest BCUT2D eigenvalue weighted by Crippen LogP contribution is 2.35. The number of esters is 1. The van der Waals surface area contributed by atoms with Gasteiger partial charge >= 0.3 is 11.1 Å². The molecule has 2 unspecified atom stereocenters. The number of rotatable bonds is 12. The summed E-state index contributed by atoms with van der Waals surface area (Å²) < 4.78 is 4.92. The van der Waals surface area contributed by atoms with Crippen molar-refractivity contribution >= 4 is 34.0 Å². The van der Waals surface area contributed by atoms with Gasteiger partial charge in [-0.15, -0.1) is 23.3 Å². The van der Waals surface area contributed by atoms with Gasteiger partial charge in [0.05, 0.1) is 12.1 Å². The van der Waals surface area contributed by atoms with E-state index < -0.39 is 16.8 Å². The number of halogens is 1. The van der Waals surface area contributed by atoms with Crippen molar-refractivity contribution in [1.82, 2.24) is 24.7 Å². The number of hydroxylamine groups is 2. The van der Waals surface area contributed by atoms with E-state index in [1.165, 1.54) is 17.5 Å². The summed E-state index contributed by atoms with van der Waals surface area (Å²) in [5.41, 5.74) is 1.31. The van der Waals surface area contributed by atoms with Crippen LogP contribution in [0.5, 0.6) is 0 Å². The van der Waals surface area contributed by atoms with Gasteiger partial charge in [-0.25, -0.2) is 9.69 Å². The van der Waals surface area contributed by atoms with E-state index in [9.17, 15) is 10.0 Å². The average molecular weight is 480 g/mol. The summed E-state index contributed by atoms with van der Waals surface area (Å²) in [5.74, 6) is -0.130. The normalized spacial score (nSPS) is 21.0. The van der Waals surface area contributed by atoms with Crippen LogP contribution in [0.1, 0.15) is 53.5 Å². The molecule has 3 rings (SSSR count). The Hall–Kier alpha value is -1.91. The topological polar surface area (TPSA) is 91.3 Å². The summed E-state index contributed by atoms with van der Waals surface area (Å²) in [7, 11) is 0. The van der Waals surface area contributed by atoms with Crippen LogP contribution in [0.15, 0.2) is 31.1 Å². The second-order valence-corrected chi connectivity index (χ2v) is 9.30. The van der Waals surface area contributed by atoms with Crippen molar-refractivity contribution in [3.8, 4) is 0 Å². The molecule has 2 atom stereocenters. The van der Waals surface area contributed by atoms with Crippen LogP contribution >= 0.6 is 22.9 Å². The van der Waals surface area contributed by atoms with Crippen LogP contribution in [0, 0.1) is 5.21 Å². The van der Waals surface area contributed by atoms with Gasteiger partial charge in [-0.1, -0.05) is 37.4 Å². The first kappa shape index (κ1) is 24.7. The van der Waals surface area contributed by atoms with E-state index in [4.69, 9.17) is 16.3 Å². The maximum absolute atomic E-state index is 13.9. The van der Waals surface area contributed by atoms with Gasteiger partial charge in [0.25, 0.3) is 6.23 Å². The predicted octanol–water partition coefficient (Wildman–Crippen LogP) is 4.28. The first-order chi connectivity index (χ1) is 15.5. The number of hydrogen-bond donors (Lipinski definition) is 0. The maximum atomic E-state index is 13.9. The molecule has 174 valence electrons. The molecule has 2 aromatic rings. The molecular formula is C22H30ClN5O3S. The number of carbonyl (C=O) groups excluding carboxylic acids is 1. The predicted molar refractivity (Wildman–Crippen MR) is 127 cm³/mol. The highest BCUT2D eigenvalue weighted by atomic mass is 35.5. The minimum atomic E-state index is -0.951. The highest BCUT2D eigenvalue weighted by molar-refractivity contribution is 7.15. The Kier molecular flexibility index (Phi) is 9.12. The van der Waals surface area contributed by atoms with Crippen molar-refractivity contribution in [2.45, 2.75) is 51.7 Å². The van der Waals surface area contributed by atoms with E-state index in [0.29, 0.717) is 29.4 Å². The average Bonchev–Trinajstić information content (AvgIpc) is 3.38. The van der Waals surface area contributed by atoms with Gasteiger partial charge in [-0.3, -0.25) is 9.63 Å². The zero-order valence-corrected chi connectivity index (χ0v) is 20.0. The Morgan fingerprint density at radius 1 is 1.41 bits per heavy atom. The van der Waals surface area contributed by atoms with E-state index in [1.807, 2.05) is 11.0 Å². The van der Waals surface area contributed by atoms with Gasteiger partial charge in [-0.05, 0) is 35.8 Å². The van der Waals surface area contributed by atoms with Gasteiger partial charge in [0, 0.05) is 31.2 Å². The van der Waals surface area contributed by atoms with Crippen molar-refractivity contribution < 1.29 is 9.53 Å². The molecule has 1 aliphatic heterocycles. The quantitative estimate of drug-likeness (QED) is 0.112. The number of unbranched alkanes of at least 4 members (excludes halogenated alkanes) is 3. The standard InChI is InChI=1S/C22H30ClN5O3S/c1-3-5-6-7-8-17-10-12-24-14-18(17)21(29)31-20-15-27(13-4-2)16-28(20,30)22-26-25-19(32-22)9-11-23/h4,10,12,14,20H,2-3,5-9,11,13,15-16H2,1H3. The number of aromatic nitrogens is 3. The number of pyridine rings is 1. The van der Waals surface area contributed by atoms with Crippen molar-refractivity contribution in [3.63, 3.8) is 0 Å². The van der Waals surface area contributed by atoms with Gasteiger partial charge < -0.3 is 9.94 Å². The van der Waals surface area contributed by atoms with E-state index in [-0.39, 0.29) is 18.3 Å². The Bertz CT molecular complexity index is 911. The molecule has 0 amide bonds. The smallest absolute Gasteiger partial charge is 0.344 e. The SMILES string of the molecule is C=CCN1CC(OC(=O)c2cnccc2CCCCCC)[N+]([O-])(c2nnc(CCCl)s2)C1. The first-order valence-electron chi connectivity index (χ1n) is 11.0. The molecule has 32 heavy (non-hydrogen) atoms. The number of ether oxygens (including phenoxy) is 1. The van der Waals surface area contributed by atoms with Crippen molar-refractivity contribution in [3.05, 3.63) is 52.5 Å². The van der Waals surface area contributed by atoms with Crippen LogP contribution in [0.4, 0.5) is 5.13 Å². The molecule has 8 nitrogen and oxygen atoms in total. The summed E-state index contributed by atoms with van der Waals surface area (Å²) in [6.45, 7) is 6.83. The molecule has 0 aromatic carbocycles. The van der Waals surface area contributed by atoms with Crippen molar-refractivity contribution in [1.29, 1.82) is 0 Å². The zero-order valence-electron chi connectivity index (χ0n) is 18.4. The molecule has 3 heterocycles. The number of carbonyl (C=O) groups is 1. The molecular weight excluding hydrogens is 450 g/mol. The molecule has 10 heteroatoms. The molecule has 0 bridgehead atoms. The molecule has 0 spiro atoms. The molecule has 1 aliphatic rings. The molecule has 0 saturated carbocycles. The maximum Gasteiger partial charge on any atom is 0.344 e. The van der Waals surface area contributed by atoms with Gasteiger partial charge in [0.15, 0.2) is 0 Å². The third-order valence-electron chi connectivity index (χ3n) is 5.44. The number of nitrogens with zero attached hydrogens (tertiary/aromatic N) is 5. The fourth-order valence-electron chi connectivity index (χ4n) is 3.75. The van der Waals surface area contributed by atoms with Crippen molar-refractivity contribution in [2.75, 3.05) is 25.6 Å². The lowest BCUT2D eigenvalue weighted by Gasteiger charge is -2.38. The van der Waals surface area contributed by atoms with E-state index in [1.54, 1.807) is 12.3 Å². The monoisotopic (exact) mass is 479 g/mol. The minimum Gasteiger partial charge on any atom is -0.622 e. The second kappa shape index (κ2) is 11.8. The van der Waals surface area contributed by atoms with Gasteiger partial charge in [0.1, 0.15) is 11.7 Å². The fourth-order valence-corrected chi connectivity index (χ4v) is 4.95.